The Morgan fingerprint density at radius 2 is 1.67 bits per heavy atom. The number of hydrogen-bond donors (Lipinski definition) is 1. The summed E-state index contributed by atoms with van der Waals surface area (Å²) in [5.74, 6) is 2.01. The molecule has 27 heavy (non-hydrogen) atoms. The smallest absolute Gasteiger partial charge is 0.306 e. The van der Waals surface area contributed by atoms with Gasteiger partial charge in [0.05, 0.1) is 12.8 Å². The lowest BCUT2D eigenvalue weighted by Crippen LogP contribution is -2.53. The number of fused-ring (bicyclic) bond motifs is 5. The minimum atomic E-state index is -0.930. The molecule has 7 atom stereocenters. The first-order chi connectivity index (χ1) is 12.8. The van der Waals surface area contributed by atoms with Crippen LogP contribution in [0.15, 0.2) is 0 Å². The van der Waals surface area contributed by atoms with Crippen molar-refractivity contribution in [2.45, 2.75) is 97.0 Å². The predicted molar refractivity (Wildman–Crippen MR) is 103 cm³/mol. The molecule has 4 unspecified atom stereocenters. The summed E-state index contributed by atoms with van der Waals surface area (Å²) in [4.78, 5) is 22.9. The second-order valence-corrected chi connectivity index (χ2v) is 10.4. The summed E-state index contributed by atoms with van der Waals surface area (Å²) in [6.07, 6.45) is 12.9. The molecule has 4 saturated carbocycles. The maximum atomic E-state index is 12.2. The molecule has 0 aliphatic heterocycles. The van der Waals surface area contributed by atoms with Crippen LogP contribution in [0, 0.1) is 34.5 Å². The van der Waals surface area contributed by atoms with E-state index in [1.165, 1.54) is 51.4 Å². The first-order valence-corrected chi connectivity index (χ1v) is 11.3. The lowest BCUT2D eigenvalue weighted by Gasteiger charge is -2.60. The zero-order valence-electron chi connectivity index (χ0n) is 17.0. The van der Waals surface area contributed by atoms with Crippen LogP contribution in [0.25, 0.3) is 0 Å². The van der Waals surface area contributed by atoms with Crippen molar-refractivity contribution in [3.63, 3.8) is 0 Å². The van der Waals surface area contributed by atoms with Gasteiger partial charge < -0.3 is 9.84 Å². The summed E-state index contributed by atoms with van der Waals surface area (Å²) in [7, 11) is 0. The molecule has 0 aromatic carbocycles. The molecule has 0 radical (unpaired) electrons. The Hall–Kier alpha value is -1.06. The van der Waals surface area contributed by atoms with Crippen LogP contribution >= 0.6 is 0 Å². The van der Waals surface area contributed by atoms with E-state index in [1.54, 1.807) is 0 Å². The largest absolute Gasteiger partial charge is 0.481 e. The Balaban J connectivity index is 1.46. The third-order valence-corrected chi connectivity index (χ3v) is 9.31. The Morgan fingerprint density at radius 3 is 2.44 bits per heavy atom. The number of carbonyl (C=O) groups is 2. The van der Waals surface area contributed by atoms with Gasteiger partial charge in [0, 0.05) is 5.41 Å². The van der Waals surface area contributed by atoms with Crippen molar-refractivity contribution < 1.29 is 19.4 Å². The van der Waals surface area contributed by atoms with Crippen LogP contribution in [-0.2, 0) is 14.3 Å². The molecule has 4 nitrogen and oxygen atoms in total. The van der Waals surface area contributed by atoms with Gasteiger partial charge in [-0.1, -0.05) is 26.7 Å². The highest BCUT2D eigenvalue weighted by molar-refractivity contribution is 5.76. The maximum Gasteiger partial charge on any atom is 0.306 e. The Morgan fingerprint density at radius 1 is 0.889 bits per heavy atom. The molecule has 0 heterocycles. The van der Waals surface area contributed by atoms with Crippen molar-refractivity contribution in [2.75, 3.05) is 0 Å². The molecule has 0 aromatic rings. The Bertz CT molecular complexity index is 601. The SMILES string of the molecule is C[C@]12CCCCC1CCC1C2CC[C@@]2(C)C1CC[C@@H]2OC(=O)CCC(=O)O. The summed E-state index contributed by atoms with van der Waals surface area (Å²) in [5.41, 5.74) is 0.636. The van der Waals surface area contributed by atoms with Crippen molar-refractivity contribution in [2.24, 2.45) is 34.5 Å². The van der Waals surface area contributed by atoms with Crippen LogP contribution in [0.5, 0.6) is 0 Å². The van der Waals surface area contributed by atoms with Crippen LogP contribution in [0.1, 0.15) is 90.9 Å². The molecule has 0 amide bonds. The van der Waals surface area contributed by atoms with Crippen LogP contribution < -0.4 is 0 Å². The minimum Gasteiger partial charge on any atom is -0.481 e. The summed E-state index contributed by atoms with van der Waals surface area (Å²) in [6.45, 7) is 4.94. The monoisotopic (exact) mass is 376 g/mol. The molecule has 4 aliphatic rings. The zero-order valence-corrected chi connectivity index (χ0v) is 17.0. The lowest BCUT2D eigenvalue weighted by molar-refractivity contribution is -0.164. The molecule has 4 aliphatic carbocycles. The van der Waals surface area contributed by atoms with E-state index in [1.807, 2.05) is 0 Å². The Kier molecular flexibility index (Phi) is 5.05. The minimum absolute atomic E-state index is 0.00160. The van der Waals surface area contributed by atoms with Crippen molar-refractivity contribution >= 4 is 11.9 Å². The molecule has 4 fully saturated rings. The van der Waals surface area contributed by atoms with Crippen LogP contribution in [0.4, 0.5) is 0 Å². The van der Waals surface area contributed by atoms with E-state index in [4.69, 9.17) is 9.84 Å². The average molecular weight is 377 g/mol. The second-order valence-electron chi connectivity index (χ2n) is 10.4. The summed E-state index contributed by atoms with van der Waals surface area (Å²) in [6, 6.07) is 0. The fourth-order valence-corrected chi connectivity index (χ4v) is 7.87. The molecule has 4 rings (SSSR count). The van der Waals surface area contributed by atoms with E-state index in [2.05, 4.69) is 13.8 Å². The maximum absolute atomic E-state index is 12.2. The van der Waals surface area contributed by atoms with E-state index < -0.39 is 5.97 Å². The number of rotatable bonds is 4. The van der Waals surface area contributed by atoms with Gasteiger partial charge in [0.25, 0.3) is 0 Å². The average Bonchev–Trinajstić information content (AvgIpc) is 2.96. The van der Waals surface area contributed by atoms with E-state index in [9.17, 15) is 9.59 Å². The van der Waals surface area contributed by atoms with Crippen LogP contribution in [0.3, 0.4) is 0 Å². The fourth-order valence-electron chi connectivity index (χ4n) is 7.87. The molecule has 0 aromatic heterocycles. The molecule has 1 N–H and O–H groups in total. The number of carbonyl (C=O) groups excluding carboxylic acids is 1. The highest BCUT2D eigenvalue weighted by Gasteiger charge is 2.60. The van der Waals surface area contributed by atoms with Gasteiger partial charge in [-0.2, -0.15) is 0 Å². The van der Waals surface area contributed by atoms with Crippen molar-refractivity contribution in [3.05, 3.63) is 0 Å². The molecule has 0 bridgehead atoms. The quantitative estimate of drug-likeness (QED) is 0.685. The highest BCUT2D eigenvalue weighted by Crippen LogP contribution is 2.66. The summed E-state index contributed by atoms with van der Waals surface area (Å²) < 4.78 is 5.84. The van der Waals surface area contributed by atoms with Crippen molar-refractivity contribution in [3.8, 4) is 0 Å². The molecular formula is C23H36O4. The first-order valence-electron chi connectivity index (χ1n) is 11.3. The number of carboxylic acid groups (broad SMARTS) is 1. The molecule has 0 spiro atoms. The van der Waals surface area contributed by atoms with Crippen LogP contribution in [-0.4, -0.2) is 23.1 Å². The van der Waals surface area contributed by atoms with Gasteiger partial charge in [-0.25, -0.2) is 0 Å². The van der Waals surface area contributed by atoms with E-state index in [0.29, 0.717) is 11.3 Å². The third-order valence-electron chi connectivity index (χ3n) is 9.31. The third kappa shape index (κ3) is 3.21. The lowest BCUT2D eigenvalue weighted by atomic mass is 9.45. The van der Waals surface area contributed by atoms with Gasteiger partial charge >= 0.3 is 11.9 Å². The predicted octanol–water partition coefficient (Wildman–Crippen LogP) is 5.20. The zero-order chi connectivity index (χ0) is 19.2. The molecule has 4 heteroatoms. The van der Waals surface area contributed by atoms with E-state index in [-0.39, 0.29) is 30.3 Å². The fraction of sp³-hybridized carbons (Fsp3) is 0.913. The summed E-state index contributed by atoms with van der Waals surface area (Å²) in [5, 5.41) is 8.80. The van der Waals surface area contributed by atoms with E-state index in [0.717, 1.165) is 30.6 Å². The molecular weight excluding hydrogens is 340 g/mol. The van der Waals surface area contributed by atoms with E-state index >= 15 is 0 Å². The van der Waals surface area contributed by atoms with Gasteiger partial charge in [-0.3, -0.25) is 9.59 Å². The standard InChI is InChI=1S/C23H36O4/c1-22-13-4-3-5-15(22)6-7-16-17-8-9-19(23(17,2)14-12-18(16)22)27-21(26)11-10-20(24)25/h15-19H,3-14H2,1-2H3,(H,24,25)/t15?,16?,17?,18?,19-,22-,23-/m0/s1. The topological polar surface area (TPSA) is 63.6 Å². The highest BCUT2D eigenvalue weighted by atomic mass is 16.5. The second kappa shape index (κ2) is 7.08. The number of hydrogen-bond acceptors (Lipinski definition) is 3. The normalized spacial score (nSPS) is 46.1. The van der Waals surface area contributed by atoms with Crippen molar-refractivity contribution in [1.29, 1.82) is 0 Å². The van der Waals surface area contributed by atoms with Gasteiger partial charge in [0.15, 0.2) is 0 Å². The van der Waals surface area contributed by atoms with Gasteiger partial charge in [-0.15, -0.1) is 0 Å². The van der Waals surface area contributed by atoms with Gasteiger partial charge in [-0.05, 0) is 80.5 Å². The summed E-state index contributed by atoms with van der Waals surface area (Å²) >= 11 is 0. The molecule has 152 valence electrons. The van der Waals surface area contributed by atoms with Gasteiger partial charge in [0.2, 0.25) is 0 Å². The number of aliphatic carboxylic acids is 1. The van der Waals surface area contributed by atoms with Crippen molar-refractivity contribution in [1.82, 2.24) is 0 Å². The van der Waals surface area contributed by atoms with Gasteiger partial charge in [0.1, 0.15) is 6.10 Å². The number of esters is 1. The number of ether oxygens (including phenoxy) is 1. The van der Waals surface area contributed by atoms with Crippen LogP contribution in [0.2, 0.25) is 0 Å². The first kappa shape index (κ1) is 19.3. The Labute approximate surface area is 163 Å². The molecule has 0 saturated heterocycles. The number of carboxylic acids is 1.